The van der Waals surface area contributed by atoms with Crippen LogP contribution in [-0.2, 0) is 0 Å². The molecule has 3 aromatic carbocycles. The molecule has 2 heterocycles. The average Bonchev–Trinajstić information content (AvgIpc) is 3.25. The van der Waals surface area contributed by atoms with Gasteiger partial charge in [-0.1, -0.05) is 54.1 Å². The van der Waals surface area contributed by atoms with Crippen LogP contribution in [0.2, 0.25) is 5.02 Å². The van der Waals surface area contributed by atoms with E-state index in [4.69, 9.17) is 21.3 Å². The molecule has 0 N–H and O–H groups in total. The van der Waals surface area contributed by atoms with Crippen LogP contribution < -0.4 is 10.3 Å². The van der Waals surface area contributed by atoms with E-state index in [2.05, 4.69) is 4.98 Å². The third-order valence-corrected chi connectivity index (χ3v) is 6.60. The van der Waals surface area contributed by atoms with Crippen LogP contribution in [0.3, 0.4) is 0 Å². The number of hydrogen-bond donors (Lipinski definition) is 0. The van der Waals surface area contributed by atoms with Gasteiger partial charge >= 0.3 is 0 Å². The molecular formula is C25H18ClN3O2S. The fourth-order valence-corrected chi connectivity index (χ4v) is 4.87. The molecule has 0 unspecified atom stereocenters. The van der Waals surface area contributed by atoms with Gasteiger partial charge in [0.2, 0.25) is 0 Å². The number of thiazole rings is 1. The molecule has 158 valence electrons. The van der Waals surface area contributed by atoms with Crippen molar-refractivity contribution < 1.29 is 4.74 Å². The largest absolute Gasteiger partial charge is 0.497 e. The first-order chi connectivity index (χ1) is 15.6. The van der Waals surface area contributed by atoms with E-state index in [0.717, 1.165) is 27.4 Å². The van der Waals surface area contributed by atoms with Crippen LogP contribution in [-0.4, -0.2) is 21.6 Å². The average molecular weight is 460 g/mol. The minimum Gasteiger partial charge on any atom is -0.497 e. The number of rotatable bonds is 4. The van der Waals surface area contributed by atoms with Crippen molar-refractivity contribution in [3.8, 4) is 33.4 Å². The van der Waals surface area contributed by atoms with E-state index < -0.39 is 0 Å². The van der Waals surface area contributed by atoms with E-state index >= 15 is 0 Å². The Bertz CT molecular complexity index is 1470. The summed E-state index contributed by atoms with van der Waals surface area (Å²) in [6, 6.07) is 22.8. The first-order valence-electron chi connectivity index (χ1n) is 9.96. The van der Waals surface area contributed by atoms with Crippen LogP contribution in [0, 0.1) is 6.92 Å². The number of aryl methyl sites for hydroxylation is 1. The molecule has 32 heavy (non-hydrogen) atoms. The van der Waals surface area contributed by atoms with Gasteiger partial charge in [-0.25, -0.2) is 9.97 Å². The summed E-state index contributed by atoms with van der Waals surface area (Å²) in [5.74, 6) is 1.27. The second kappa shape index (κ2) is 8.22. The third-order valence-electron chi connectivity index (χ3n) is 5.21. The number of methoxy groups -OCH3 is 1. The van der Waals surface area contributed by atoms with Crippen LogP contribution in [0.1, 0.15) is 5.56 Å². The molecule has 0 aliphatic carbocycles. The van der Waals surface area contributed by atoms with Gasteiger partial charge in [0.05, 0.1) is 17.8 Å². The molecule has 5 nitrogen and oxygen atoms in total. The predicted octanol–water partition coefficient (Wildman–Crippen LogP) is 6.15. The van der Waals surface area contributed by atoms with Gasteiger partial charge in [0, 0.05) is 11.1 Å². The van der Waals surface area contributed by atoms with Crippen molar-refractivity contribution in [1.82, 2.24) is 14.5 Å². The lowest BCUT2D eigenvalue weighted by Crippen LogP contribution is -2.22. The standard InChI is InChI=1S/C25H18ClN3O2S/c1-15-7-6-10-19(26)20(15)29-23(16-8-4-3-5-9-16)27-22-21(25(29)30)32-24(28-22)17-11-13-18(31-2)14-12-17/h3-14H,1-2H3. The second-order valence-electron chi connectivity index (χ2n) is 7.25. The molecule has 0 saturated heterocycles. The maximum absolute atomic E-state index is 13.8. The molecule has 0 amide bonds. The number of aromatic nitrogens is 3. The quantitative estimate of drug-likeness (QED) is 0.323. The molecule has 0 spiro atoms. The van der Waals surface area contributed by atoms with Crippen molar-refractivity contribution in [1.29, 1.82) is 0 Å². The van der Waals surface area contributed by atoms with Gasteiger partial charge in [0.25, 0.3) is 5.56 Å². The van der Waals surface area contributed by atoms with Gasteiger partial charge in [0.1, 0.15) is 21.3 Å². The van der Waals surface area contributed by atoms with Crippen molar-refractivity contribution in [2.24, 2.45) is 0 Å². The van der Waals surface area contributed by atoms with E-state index in [0.29, 0.717) is 26.9 Å². The summed E-state index contributed by atoms with van der Waals surface area (Å²) in [7, 11) is 1.63. The monoisotopic (exact) mass is 459 g/mol. The predicted molar refractivity (Wildman–Crippen MR) is 130 cm³/mol. The summed E-state index contributed by atoms with van der Waals surface area (Å²) in [5, 5.41) is 1.21. The normalized spacial score (nSPS) is 11.1. The molecule has 0 fully saturated rings. The zero-order chi connectivity index (χ0) is 22.2. The number of ether oxygens (including phenoxy) is 1. The number of nitrogens with zero attached hydrogens (tertiary/aromatic N) is 3. The Labute approximate surface area is 193 Å². The molecule has 5 rings (SSSR count). The highest BCUT2D eigenvalue weighted by Crippen LogP contribution is 2.32. The Morgan fingerprint density at radius 2 is 1.66 bits per heavy atom. The van der Waals surface area contributed by atoms with Gasteiger partial charge in [0.15, 0.2) is 5.65 Å². The first kappa shape index (κ1) is 20.4. The van der Waals surface area contributed by atoms with E-state index in [9.17, 15) is 4.79 Å². The fraction of sp³-hybridized carbons (Fsp3) is 0.0800. The Balaban J connectivity index is 1.81. The van der Waals surface area contributed by atoms with Crippen LogP contribution >= 0.6 is 22.9 Å². The van der Waals surface area contributed by atoms with E-state index in [1.807, 2.05) is 73.7 Å². The Morgan fingerprint density at radius 3 is 2.34 bits per heavy atom. The van der Waals surface area contributed by atoms with Gasteiger partial charge in [-0.3, -0.25) is 9.36 Å². The maximum Gasteiger partial charge on any atom is 0.278 e. The Kier molecular flexibility index (Phi) is 5.25. The molecule has 0 aliphatic rings. The molecule has 0 radical (unpaired) electrons. The van der Waals surface area contributed by atoms with Crippen LogP contribution in [0.5, 0.6) is 5.75 Å². The van der Waals surface area contributed by atoms with Crippen molar-refractivity contribution in [3.05, 3.63) is 93.7 Å². The van der Waals surface area contributed by atoms with Crippen LogP contribution in [0.4, 0.5) is 0 Å². The lowest BCUT2D eigenvalue weighted by atomic mass is 10.1. The molecule has 7 heteroatoms. The highest BCUT2D eigenvalue weighted by molar-refractivity contribution is 7.21. The number of hydrogen-bond acceptors (Lipinski definition) is 5. The molecule has 0 atom stereocenters. The highest BCUT2D eigenvalue weighted by atomic mass is 35.5. The van der Waals surface area contributed by atoms with E-state index in [-0.39, 0.29) is 5.56 Å². The minimum atomic E-state index is -0.192. The van der Waals surface area contributed by atoms with Gasteiger partial charge in [-0.15, -0.1) is 11.3 Å². The van der Waals surface area contributed by atoms with Gasteiger partial charge < -0.3 is 4.74 Å². The summed E-state index contributed by atoms with van der Waals surface area (Å²) in [5.41, 5.74) is 3.46. The van der Waals surface area contributed by atoms with Crippen molar-refractivity contribution in [2.45, 2.75) is 6.92 Å². The fourth-order valence-electron chi connectivity index (χ4n) is 3.63. The van der Waals surface area contributed by atoms with Gasteiger partial charge in [-0.05, 0) is 42.8 Å². The topological polar surface area (TPSA) is 57.0 Å². The number of fused-ring (bicyclic) bond motifs is 1. The van der Waals surface area contributed by atoms with Crippen molar-refractivity contribution in [2.75, 3.05) is 7.11 Å². The number of para-hydroxylation sites is 1. The second-order valence-corrected chi connectivity index (χ2v) is 8.65. The third kappa shape index (κ3) is 3.47. The summed E-state index contributed by atoms with van der Waals surface area (Å²) in [4.78, 5) is 23.3. The molecular weight excluding hydrogens is 442 g/mol. The minimum absolute atomic E-state index is 0.192. The smallest absolute Gasteiger partial charge is 0.278 e. The molecule has 0 aliphatic heterocycles. The summed E-state index contributed by atoms with van der Waals surface area (Å²) < 4.78 is 7.32. The Hall–Kier alpha value is -3.48. The van der Waals surface area contributed by atoms with Crippen LogP contribution in [0.15, 0.2) is 77.6 Å². The van der Waals surface area contributed by atoms with E-state index in [1.165, 1.54) is 11.3 Å². The molecule has 0 bridgehead atoms. The Morgan fingerprint density at radius 1 is 0.906 bits per heavy atom. The maximum atomic E-state index is 13.8. The zero-order valence-electron chi connectivity index (χ0n) is 17.4. The van der Waals surface area contributed by atoms with Gasteiger partial charge in [-0.2, -0.15) is 0 Å². The number of halogens is 1. The first-order valence-corrected chi connectivity index (χ1v) is 11.1. The lowest BCUT2D eigenvalue weighted by Gasteiger charge is -2.15. The molecule has 5 aromatic rings. The lowest BCUT2D eigenvalue weighted by molar-refractivity contribution is 0.415. The van der Waals surface area contributed by atoms with Crippen LogP contribution in [0.25, 0.3) is 38.0 Å². The summed E-state index contributed by atoms with van der Waals surface area (Å²) in [6.07, 6.45) is 0. The SMILES string of the molecule is COc1ccc(-c2nc3nc(-c4ccccc4)n(-c4c(C)cccc4Cl)c(=O)c3s2)cc1. The number of benzene rings is 3. The molecule has 0 saturated carbocycles. The highest BCUT2D eigenvalue weighted by Gasteiger charge is 2.21. The van der Waals surface area contributed by atoms with E-state index in [1.54, 1.807) is 17.7 Å². The summed E-state index contributed by atoms with van der Waals surface area (Å²) >= 11 is 7.89. The molecule has 2 aromatic heterocycles. The summed E-state index contributed by atoms with van der Waals surface area (Å²) in [6.45, 7) is 1.93. The van der Waals surface area contributed by atoms with Crippen molar-refractivity contribution in [3.63, 3.8) is 0 Å². The van der Waals surface area contributed by atoms with Crippen molar-refractivity contribution >= 4 is 33.3 Å². The zero-order valence-corrected chi connectivity index (χ0v) is 18.9.